The average molecular weight is 327 g/mol. The van der Waals surface area contributed by atoms with Crippen molar-refractivity contribution in [3.8, 4) is 0 Å². The van der Waals surface area contributed by atoms with E-state index in [0.717, 1.165) is 19.3 Å². The van der Waals surface area contributed by atoms with Gasteiger partial charge in [-0.15, -0.1) is 4.40 Å². The molecule has 0 spiro atoms. The lowest BCUT2D eigenvalue weighted by atomic mass is 10.1. The zero-order chi connectivity index (χ0) is 16.6. The Morgan fingerprint density at radius 3 is 2.45 bits per heavy atom. The van der Waals surface area contributed by atoms with Crippen LogP contribution in [0.15, 0.2) is 28.7 Å². The Labute approximate surface area is 128 Å². The van der Waals surface area contributed by atoms with E-state index in [1.807, 2.05) is 6.92 Å². The van der Waals surface area contributed by atoms with Crippen LogP contribution < -0.4 is 0 Å². The minimum Gasteiger partial charge on any atom is -0.478 e. The largest absolute Gasteiger partial charge is 0.478 e. The van der Waals surface area contributed by atoms with E-state index in [0.29, 0.717) is 6.42 Å². The number of carboxylic acid groups (broad SMARTS) is 1. The Kier molecular flexibility index (Phi) is 6.71. The Balaban J connectivity index is 2.78. The second kappa shape index (κ2) is 8.28. The van der Waals surface area contributed by atoms with Gasteiger partial charge in [-0.05, 0) is 25.0 Å². The summed E-state index contributed by atoms with van der Waals surface area (Å²) in [6, 6.07) is 5.18. The summed E-state index contributed by atoms with van der Waals surface area (Å²) < 4.78 is 30.6. The molecule has 0 radical (unpaired) electrons. The van der Waals surface area contributed by atoms with E-state index >= 15 is 0 Å². The van der Waals surface area contributed by atoms with Gasteiger partial charge in [-0.25, -0.2) is 9.59 Å². The van der Waals surface area contributed by atoms with Gasteiger partial charge in [-0.1, -0.05) is 31.9 Å². The third kappa shape index (κ3) is 5.65. The Hall–Kier alpha value is -2.22. The molecule has 0 saturated carbocycles. The number of unbranched alkanes of at least 4 members (excludes halogenated alkanes) is 3. The first kappa shape index (κ1) is 17.8. The summed E-state index contributed by atoms with van der Waals surface area (Å²) in [7, 11) is -4.43. The molecule has 0 fully saturated rings. The van der Waals surface area contributed by atoms with Gasteiger partial charge in [0.05, 0.1) is 11.1 Å². The molecule has 1 aromatic rings. The molecule has 8 heteroatoms. The third-order valence-corrected chi connectivity index (χ3v) is 3.47. The Morgan fingerprint density at radius 1 is 1.23 bits per heavy atom. The number of carbonyl (C=O) groups is 2. The quantitative estimate of drug-likeness (QED) is 0.580. The molecule has 0 amide bonds. The van der Waals surface area contributed by atoms with E-state index in [9.17, 15) is 18.0 Å². The van der Waals surface area contributed by atoms with Gasteiger partial charge < -0.3 is 9.29 Å². The maximum atomic E-state index is 11.8. The summed E-state index contributed by atoms with van der Waals surface area (Å²) >= 11 is 0. The summed E-state index contributed by atoms with van der Waals surface area (Å²) in [5.41, 5.74) is -0.686. The van der Waals surface area contributed by atoms with Crippen molar-refractivity contribution in [3.05, 3.63) is 35.4 Å². The highest BCUT2D eigenvalue weighted by Gasteiger charge is 2.22. The molecule has 0 unspecified atom stereocenters. The van der Waals surface area contributed by atoms with Crippen molar-refractivity contribution in [2.75, 3.05) is 0 Å². The summed E-state index contributed by atoms with van der Waals surface area (Å²) in [6.45, 7) is 2.01. The number of rotatable bonds is 8. The molecule has 0 aromatic heterocycles. The van der Waals surface area contributed by atoms with Crippen LogP contribution in [0.5, 0.6) is 0 Å². The summed E-state index contributed by atoms with van der Waals surface area (Å²) in [5.74, 6) is -2.63. The normalized spacial score (nSPS) is 11.5. The minimum absolute atomic E-state index is 0.338. The van der Waals surface area contributed by atoms with Crippen LogP contribution >= 0.6 is 0 Å². The number of hydrogen-bond donors (Lipinski definition) is 1. The first-order valence-electron chi connectivity index (χ1n) is 6.72. The van der Waals surface area contributed by atoms with Crippen LogP contribution in [-0.4, -0.2) is 31.7 Å². The maximum absolute atomic E-state index is 11.8. The van der Waals surface area contributed by atoms with E-state index in [-0.39, 0.29) is 11.1 Å². The van der Waals surface area contributed by atoms with Gasteiger partial charge in [0.2, 0.25) is 0 Å². The first-order chi connectivity index (χ1) is 10.4. The molecule has 0 aliphatic carbocycles. The number of aromatic carboxylic acids is 1. The maximum Gasteiger partial charge on any atom is 0.430 e. The molecule has 0 aliphatic rings. The fraction of sp³-hybridized carbons (Fsp3) is 0.357. The number of carboxylic acids is 1. The zero-order valence-corrected chi connectivity index (χ0v) is 12.9. The van der Waals surface area contributed by atoms with Crippen molar-refractivity contribution >= 4 is 28.5 Å². The Bertz CT molecular complexity index is 666. The molecular formula is C14H17NO6S. The molecule has 120 valence electrons. The van der Waals surface area contributed by atoms with Crippen molar-refractivity contribution in [2.24, 2.45) is 4.40 Å². The van der Waals surface area contributed by atoms with Gasteiger partial charge in [-0.2, -0.15) is 8.42 Å². The molecule has 7 nitrogen and oxygen atoms in total. The van der Waals surface area contributed by atoms with Gasteiger partial charge in [-0.3, -0.25) is 0 Å². The molecule has 1 rings (SSSR count). The number of hydrogen-bond acceptors (Lipinski definition) is 5. The van der Waals surface area contributed by atoms with Crippen LogP contribution in [0.25, 0.3) is 0 Å². The summed E-state index contributed by atoms with van der Waals surface area (Å²) in [6.07, 6.45) is 4.34. The van der Waals surface area contributed by atoms with E-state index in [1.165, 1.54) is 30.5 Å². The fourth-order valence-electron chi connectivity index (χ4n) is 1.64. The van der Waals surface area contributed by atoms with Gasteiger partial charge >= 0.3 is 22.2 Å². The van der Waals surface area contributed by atoms with Crippen LogP contribution in [0.1, 0.15) is 53.3 Å². The number of benzene rings is 1. The lowest BCUT2D eigenvalue weighted by molar-refractivity contribution is 0.0670. The second-order valence-electron chi connectivity index (χ2n) is 4.43. The van der Waals surface area contributed by atoms with Crippen LogP contribution in [0, 0.1) is 0 Å². The number of nitrogens with zero attached hydrogens (tertiary/aromatic N) is 1. The molecule has 0 heterocycles. The fourth-order valence-corrected chi connectivity index (χ4v) is 2.25. The van der Waals surface area contributed by atoms with Crippen molar-refractivity contribution in [1.29, 1.82) is 0 Å². The molecule has 1 N–H and O–H groups in total. The highest BCUT2D eigenvalue weighted by Crippen LogP contribution is 2.12. The lowest BCUT2D eigenvalue weighted by Crippen LogP contribution is -2.15. The van der Waals surface area contributed by atoms with Gasteiger partial charge in [0.25, 0.3) is 0 Å². The van der Waals surface area contributed by atoms with Crippen molar-refractivity contribution in [2.45, 2.75) is 32.6 Å². The molecule has 0 aliphatic heterocycles. The van der Waals surface area contributed by atoms with Crippen molar-refractivity contribution < 1.29 is 27.3 Å². The van der Waals surface area contributed by atoms with Crippen LogP contribution in [-0.2, 0) is 14.5 Å². The minimum atomic E-state index is -4.43. The van der Waals surface area contributed by atoms with Gasteiger partial charge in [0.15, 0.2) is 0 Å². The predicted molar refractivity (Wildman–Crippen MR) is 80.4 cm³/mol. The van der Waals surface area contributed by atoms with Crippen LogP contribution in [0.2, 0.25) is 0 Å². The average Bonchev–Trinajstić information content (AvgIpc) is 2.46. The van der Waals surface area contributed by atoms with E-state index in [4.69, 9.17) is 5.11 Å². The summed E-state index contributed by atoms with van der Waals surface area (Å²) in [4.78, 5) is 22.8. The van der Waals surface area contributed by atoms with Gasteiger partial charge in [0.1, 0.15) is 0 Å². The van der Waals surface area contributed by atoms with Crippen LogP contribution in [0.4, 0.5) is 0 Å². The molecule has 1 aromatic carbocycles. The standard InChI is InChI=1S/C14H17NO6S/c1-2-3-4-7-10-15-22(19,20)21-14(18)12-9-6-5-8-11(12)13(16)17/h5-6,8-10H,2-4,7H2,1H3,(H,16,17). The SMILES string of the molecule is CCCCCC=NS(=O)(=O)OC(=O)c1ccccc1C(=O)O. The van der Waals surface area contributed by atoms with E-state index in [2.05, 4.69) is 8.58 Å². The monoisotopic (exact) mass is 327 g/mol. The first-order valence-corrected chi connectivity index (χ1v) is 8.08. The highest BCUT2D eigenvalue weighted by atomic mass is 32.2. The Morgan fingerprint density at radius 2 is 1.86 bits per heavy atom. The second-order valence-corrected chi connectivity index (χ2v) is 5.67. The third-order valence-electron chi connectivity index (χ3n) is 2.70. The molecule has 0 bridgehead atoms. The smallest absolute Gasteiger partial charge is 0.430 e. The van der Waals surface area contributed by atoms with Gasteiger partial charge in [0, 0.05) is 6.21 Å². The van der Waals surface area contributed by atoms with Crippen molar-refractivity contribution in [1.82, 2.24) is 0 Å². The molecule has 0 atom stereocenters. The molecular weight excluding hydrogens is 310 g/mol. The number of carbonyl (C=O) groups excluding carboxylic acids is 1. The predicted octanol–water partition coefficient (Wildman–Crippen LogP) is 2.44. The zero-order valence-electron chi connectivity index (χ0n) is 12.1. The highest BCUT2D eigenvalue weighted by molar-refractivity contribution is 7.85. The molecule has 22 heavy (non-hydrogen) atoms. The lowest BCUT2D eigenvalue weighted by Gasteiger charge is -2.04. The van der Waals surface area contributed by atoms with Crippen LogP contribution in [0.3, 0.4) is 0 Å². The summed E-state index contributed by atoms with van der Waals surface area (Å²) in [5, 5.41) is 8.95. The topological polar surface area (TPSA) is 110 Å². The molecule has 0 saturated heterocycles. The van der Waals surface area contributed by atoms with E-state index in [1.54, 1.807) is 0 Å². The van der Waals surface area contributed by atoms with Crippen molar-refractivity contribution in [3.63, 3.8) is 0 Å². The van der Waals surface area contributed by atoms with E-state index < -0.39 is 22.2 Å².